The normalized spacial score (nSPS) is 20.4. The van der Waals surface area contributed by atoms with E-state index in [4.69, 9.17) is 4.74 Å². The molecule has 2 aromatic carbocycles. The molecule has 1 saturated heterocycles. The predicted octanol–water partition coefficient (Wildman–Crippen LogP) is 4.79. The maximum absolute atomic E-state index is 12.4. The highest BCUT2D eigenvalue weighted by atomic mass is 79.9. The van der Waals surface area contributed by atoms with Crippen LogP contribution in [0.2, 0.25) is 0 Å². The molecule has 2 atom stereocenters. The summed E-state index contributed by atoms with van der Waals surface area (Å²) in [5.74, 6) is 0.404. The Bertz CT molecular complexity index is 759. The minimum Gasteiger partial charge on any atom is -0.373 e. The van der Waals surface area contributed by atoms with Crippen molar-refractivity contribution in [3.05, 3.63) is 58.6 Å². The standard InChI is InChI=1S/C21H25BrN2O2S/c1-15-11-24(12-16(2)26-15)13-17-5-3-4-6-20(17)23-21(25)14-27-19-9-7-18(22)8-10-19/h3-10,15-16H,11-14H2,1-2H3,(H,23,25). The van der Waals surface area contributed by atoms with Gasteiger partial charge in [-0.25, -0.2) is 0 Å². The van der Waals surface area contributed by atoms with Gasteiger partial charge in [-0.05, 0) is 49.7 Å². The Morgan fingerprint density at radius 1 is 1.15 bits per heavy atom. The predicted molar refractivity (Wildman–Crippen MR) is 115 cm³/mol. The fraction of sp³-hybridized carbons (Fsp3) is 0.381. The van der Waals surface area contributed by atoms with Crippen LogP contribution in [0.5, 0.6) is 0 Å². The zero-order chi connectivity index (χ0) is 19.2. The molecule has 3 rings (SSSR count). The first kappa shape index (κ1) is 20.4. The van der Waals surface area contributed by atoms with Gasteiger partial charge in [-0.2, -0.15) is 0 Å². The lowest BCUT2D eigenvalue weighted by Gasteiger charge is -2.35. The molecule has 0 aromatic heterocycles. The minimum atomic E-state index is 0.0130. The van der Waals surface area contributed by atoms with Gasteiger partial charge in [-0.1, -0.05) is 34.1 Å². The number of para-hydroxylation sites is 1. The van der Waals surface area contributed by atoms with Crippen LogP contribution in [0.1, 0.15) is 19.4 Å². The Balaban J connectivity index is 1.58. The average Bonchev–Trinajstić information content (AvgIpc) is 2.62. The van der Waals surface area contributed by atoms with E-state index in [1.165, 1.54) is 11.8 Å². The number of carbonyl (C=O) groups is 1. The van der Waals surface area contributed by atoms with E-state index in [2.05, 4.69) is 46.1 Å². The molecule has 1 aliphatic heterocycles. The van der Waals surface area contributed by atoms with Gasteiger partial charge in [0.2, 0.25) is 5.91 Å². The van der Waals surface area contributed by atoms with Gasteiger partial charge >= 0.3 is 0 Å². The number of thioether (sulfide) groups is 1. The third-order valence-corrected chi connectivity index (χ3v) is 5.90. The molecule has 27 heavy (non-hydrogen) atoms. The van der Waals surface area contributed by atoms with Crippen LogP contribution in [-0.4, -0.2) is 41.9 Å². The molecule has 0 bridgehead atoms. The van der Waals surface area contributed by atoms with Crippen LogP contribution >= 0.6 is 27.7 Å². The summed E-state index contributed by atoms with van der Waals surface area (Å²) >= 11 is 4.96. The van der Waals surface area contributed by atoms with Gasteiger partial charge in [0.15, 0.2) is 0 Å². The molecule has 1 amide bonds. The van der Waals surface area contributed by atoms with Crippen molar-refractivity contribution in [2.75, 3.05) is 24.2 Å². The van der Waals surface area contributed by atoms with Gasteiger partial charge in [0.25, 0.3) is 0 Å². The second-order valence-corrected chi connectivity index (χ2v) is 8.86. The van der Waals surface area contributed by atoms with Gasteiger partial charge in [0, 0.05) is 34.7 Å². The molecule has 2 aromatic rings. The van der Waals surface area contributed by atoms with Crippen molar-refractivity contribution in [3.63, 3.8) is 0 Å². The maximum atomic E-state index is 12.4. The van der Waals surface area contributed by atoms with Crippen molar-refractivity contribution in [2.24, 2.45) is 0 Å². The van der Waals surface area contributed by atoms with Crippen LogP contribution in [-0.2, 0) is 16.1 Å². The number of benzene rings is 2. The largest absolute Gasteiger partial charge is 0.373 e. The molecular formula is C21H25BrN2O2S. The van der Waals surface area contributed by atoms with Crippen molar-refractivity contribution < 1.29 is 9.53 Å². The van der Waals surface area contributed by atoms with Gasteiger partial charge in [-0.15, -0.1) is 11.8 Å². The van der Waals surface area contributed by atoms with Crippen molar-refractivity contribution in [1.82, 2.24) is 4.90 Å². The highest BCUT2D eigenvalue weighted by Crippen LogP contribution is 2.23. The minimum absolute atomic E-state index is 0.0130. The molecule has 1 fully saturated rings. The second-order valence-electron chi connectivity index (χ2n) is 6.90. The highest BCUT2D eigenvalue weighted by Gasteiger charge is 2.22. The molecule has 0 radical (unpaired) electrons. The van der Waals surface area contributed by atoms with E-state index < -0.39 is 0 Å². The highest BCUT2D eigenvalue weighted by molar-refractivity contribution is 9.10. The lowest BCUT2D eigenvalue weighted by Crippen LogP contribution is -2.44. The maximum Gasteiger partial charge on any atom is 0.234 e. The number of hydrogen-bond donors (Lipinski definition) is 1. The van der Waals surface area contributed by atoms with E-state index >= 15 is 0 Å². The number of halogens is 1. The molecule has 1 N–H and O–H groups in total. The third-order valence-electron chi connectivity index (χ3n) is 4.36. The topological polar surface area (TPSA) is 41.6 Å². The monoisotopic (exact) mass is 448 g/mol. The second kappa shape index (κ2) is 9.73. The SMILES string of the molecule is CC1CN(Cc2ccccc2NC(=O)CSc2ccc(Br)cc2)CC(C)O1. The van der Waals surface area contributed by atoms with Crippen LogP contribution in [0.15, 0.2) is 57.9 Å². The number of anilines is 1. The van der Waals surface area contributed by atoms with Crippen LogP contribution < -0.4 is 5.32 Å². The van der Waals surface area contributed by atoms with Crippen LogP contribution in [0.3, 0.4) is 0 Å². The summed E-state index contributed by atoms with van der Waals surface area (Å²) in [7, 11) is 0. The van der Waals surface area contributed by atoms with Crippen molar-refractivity contribution in [2.45, 2.75) is 37.5 Å². The zero-order valence-electron chi connectivity index (χ0n) is 15.7. The number of ether oxygens (including phenoxy) is 1. The summed E-state index contributed by atoms with van der Waals surface area (Å²) in [4.78, 5) is 15.9. The number of hydrogen-bond acceptors (Lipinski definition) is 4. The summed E-state index contributed by atoms with van der Waals surface area (Å²) in [6.07, 6.45) is 0.468. The Morgan fingerprint density at radius 3 is 2.52 bits per heavy atom. The molecule has 4 nitrogen and oxygen atoms in total. The Labute approximate surface area is 173 Å². The van der Waals surface area contributed by atoms with Crippen molar-refractivity contribution >= 4 is 39.3 Å². The van der Waals surface area contributed by atoms with E-state index in [-0.39, 0.29) is 18.1 Å². The third kappa shape index (κ3) is 6.35. The fourth-order valence-electron chi connectivity index (χ4n) is 3.30. The van der Waals surface area contributed by atoms with Gasteiger partial charge in [-0.3, -0.25) is 9.69 Å². The number of carbonyl (C=O) groups excluding carboxylic acids is 1. The molecule has 144 valence electrons. The van der Waals surface area contributed by atoms with E-state index in [9.17, 15) is 4.79 Å². The quantitative estimate of drug-likeness (QED) is 0.644. The first-order chi connectivity index (χ1) is 13.0. The number of nitrogens with zero attached hydrogens (tertiary/aromatic N) is 1. The molecular weight excluding hydrogens is 424 g/mol. The molecule has 1 aliphatic rings. The lowest BCUT2D eigenvalue weighted by atomic mass is 10.1. The van der Waals surface area contributed by atoms with E-state index in [1.54, 1.807) is 0 Å². The van der Waals surface area contributed by atoms with Crippen molar-refractivity contribution in [1.29, 1.82) is 0 Å². The average molecular weight is 449 g/mol. The number of amides is 1. The number of rotatable bonds is 6. The molecule has 0 saturated carbocycles. The van der Waals surface area contributed by atoms with Crippen LogP contribution in [0.25, 0.3) is 0 Å². The molecule has 0 aliphatic carbocycles. The summed E-state index contributed by atoms with van der Waals surface area (Å²) < 4.78 is 6.85. The lowest BCUT2D eigenvalue weighted by molar-refractivity contribution is -0.113. The van der Waals surface area contributed by atoms with E-state index in [0.717, 1.165) is 40.3 Å². The van der Waals surface area contributed by atoms with E-state index in [1.807, 2.05) is 42.5 Å². The van der Waals surface area contributed by atoms with E-state index in [0.29, 0.717) is 5.75 Å². The molecule has 1 heterocycles. The summed E-state index contributed by atoms with van der Waals surface area (Å²) in [5, 5.41) is 3.08. The Kier molecular flexibility index (Phi) is 7.35. The number of morpholine rings is 1. The molecule has 0 spiro atoms. The van der Waals surface area contributed by atoms with Crippen molar-refractivity contribution in [3.8, 4) is 0 Å². The van der Waals surface area contributed by atoms with Gasteiger partial charge < -0.3 is 10.1 Å². The fourth-order valence-corrected chi connectivity index (χ4v) is 4.26. The summed E-state index contributed by atoms with van der Waals surface area (Å²) in [6, 6.07) is 16.0. The smallest absolute Gasteiger partial charge is 0.234 e. The summed E-state index contributed by atoms with van der Waals surface area (Å²) in [5.41, 5.74) is 2.03. The van der Waals surface area contributed by atoms with Crippen LogP contribution in [0, 0.1) is 0 Å². The first-order valence-corrected chi connectivity index (χ1v) is 10.9. The molecule has 6 heteroatoms. The number of nitrogens with one attached hydrogen (secondary N) is 1. The van der Waals surface area contributed by atoms with Gasteiger partial charge in [0.1, 0.15) is 0 Å². The Morgan fingerprint density at radius 2 is 1.81 bits per heavy atom. The zero-order valence-corrected chi connectivity index (χ0v) is 18.1. The molecule has 2 unspecified atom stereocenters. The van der Waals surface area contributed by atoms with Crippen LogP contribution in [0.4, 0.5) is 5.69 Å². The first-order valence-electron chi connectivity index (χ1n) is 9.13. The van der Waals surface area contributed by atoms with Gasteiger partial charge in [0.05, 0.1) is 18.0 Å². The summed E-state index contributed by atoms with van der Waals surface area (Å²) in [6.45, 7) is 6.85. The Hall–Kier alpha value is -1.34.